The van der Waals surface area contributed by atoms with Gasteiger partial charge in [0.25, 0.3) is 0 Å². The van der Waals surface area contributed by atoms with Crippen molar-refractivity contribution in [1.29, 1.82) is 0 Å². The highest BCUT2D eigenvalue weighted by molar-refractivity contribution is 5.19. The van der Waals surface area contributed by atoms with E-state index in [-0.39, 0.29) is 6.04 Å². The van der Waals surface area contributed by atoms with E-state index < -0.39 is 0 Å². The highest BCUT2D eigenvalue weighted by atomic mass is 14.9. The first-order valence-electron chi connectivity index (χ1n) is 5.37. The Hall–Kier alpha value is -0.960. The summed E-state index contributed by atoms with van der Waals surface area (Å²) >= 11 is 0. The summed E-state index contributed by atoms with van der Waals surface area (Å²) in [4.78, 5) is 8.83. The first-order chi connectivity index (χ1) is 6.77. The van der Waals surface area contributed by atoms with Gasteiger partial charge in [-0.2, -0.15) is 0 Å². The number of fused-ring (bicyclic) bond motifs is 1. The summed E-state index contributed by atoms with van der Waals surface area (Å²) in [5, 5.41) is 0. The predicted molar refractivity (Wildman–Crippen MR) is 55.9 cm³/mol. The molecule has 0 radical (unpaired) electrons. The lowest BCUT2D eigenvalue weighted by Crippen LogP contribution is -2.12. The molecule has 1 aliphatic rings. The molecule has 0 aliphatic heterocycles. The Morgan fingerprint density at radius 2 is 2.07 bits per heavy atom. The molecule has 1 heterocycles. The summed E-state index contributed by atoms with van der Waals surface area (Å²) in [7, 11) is 0. The van der Waals surface area contributed by atoms with Crippen LogP contribution in [0.25, 0.3) is 0 Å². The maximum Gasteiger partial charge on any atom is 0.144 e. The molecule has 1 aliphatic carbocycles. The number of nitrogens with zero attached hydrogens (tertiary/aromatic N) is 2. The van der Waals surface area contributed by atoms with Crippen molar-refractivity contribution in [3.05, 3.63) is 23.3 Å². The van der Waals surface area contributed by atoms with Gasteiger partial charge in [0, 0.05) is 11.9 Å². The fourth-order valence-electron chi connectivity index (χ4n) is 1.89. The molecule has 0 spiro atoms. The average molecular weight is 191 g/mol. The normalized spacial score (nSPS) is 18.4. The maximum absolute atomic E-state index is 5.76. The van der Waals surface area contributed by atoms with Crippen molar-refractivity contribution in [1.82, 2.24) is 9.97 Å². The molecule has 2 rings (SSSR count). The summed E-state index contributed by atoms with van der Waals surface area (Å²) in [5.74, 6) is 0.783. The van der Waals surface area contributed by atoms with Crippen LogP contribution in [-0.4, -0.2) is 9.97 Å². The fraction of sp³-hybridized carbons (Fsp3) is 0.636. The maximum atomic E-state index is 5.76. The molecular weight excluding hydrogens is 174 g/mol. The molecular formula is C11H17N3. The van der Waals surface area contributed by atoms with Crippen LogP contribution in [0, 0.1) is 0 Å². The third kappa shape index (κ3) is 1.93. The lowest BCUT2D eigenvalue weighted by molar-refractivity contribution is 0.701. The number of aryl methyl sites for hydroxylation is 2. The lowest BCUT2D eigenvalue weighted by atomic mass is 10.1. The lowest BCUT2D eigenvalue weighted by Gasteiger charge is -2.08. The van der Waals surface area contributed by atoms with Crippen LogP contribution in [0.5, 0.6) is 0 Å². The highest BCUT2D eigenvalue weighted by Crippen LogP contribution is 2.18. The van der Waals surface area contributed by atoms with Gasteiger partial charge in [0.05, 0.1) is 6.04 Å². The molecule has 0 saturated heterocycles. The van der Waals surface area contributed by atoms with E-state index in [4.69, 9.17) is 5.73 Å². The largest absolute Gasteiger partial charge is 0.322 e. The van der Waals surface area contributed by atoms with Crippen LogP contribution in [-0.2, 0) is 12.8 Å². The van der Waals surface area contributed by atoms with Crippen LogP contribution in [0.4, 0.5) is 0 Å². The van der Waals surface area contributed by atoms with E-state index in [2.05, 4.69) is 9.97 Å². The van der Waals surface area contributed by atoms with Crippen LogP contribution >= 0.6 is 0 Å². The van der Waals surface area contributed by atoms with Crippen LogP contribution in [0.1, 0.15) is 49.3 Å². The van der Waals surface area contributed by atoms with Crippen LogP contribution in [0.3, 0.4) is 0 Å². The summed E-state index contributed by atoms with van der Waals surface area (Å²) in [6, 6.07) is -0.0523. The number of nitrogens with two attached hydrogens (primary N) is 1. The van der Waals surface area contributed by atoms with Gasteiger partial charge in [0.1, 0.15) is 5.82 Å². The van der Waals surface area contributed by atoms with Gasteiger partial charge in [-0.25, -0.2) is 9.97 Å². The van der Waals surface area contributed by atoms with Crippen molar-refractivity contribution >= 4 is 0 Å². The van der Waals surface area contributed by atoms with Gasteiger partial charge in [-0.1, -0.05) is 6.42 Å². The van der Waals surface area contributed by atoms with E-state index in [0.29, 0.717) is 0 Å². The van der Waals surface area contributed by atoms with E-state index in [1.54, 1.807) is 0 Å². The second-order valence-corrected chi connectivity index (χ2v) is 4.05. The number of aromatic nitrogens is 2. The Morgan fingerprint density at radius 1 is 1.29 bits per heavy atom. The number of rotatable bonds is 1. The molecule has 14 heavy (non-hydrogen) atoms. The average Bonchev–Trinajstić information content (AvgIpc) is 2.41. The Labute approximate surface area is 84.8 Å². The zero-order valence-electron chi connectivity index (χ0n) is 8.66. The van der Waals surface area contributed by atoms with E-state index >= 15 is 0 Å². The number of hydrogen-bond donors (Lipinski definition) is 1. The van der Waals surface area contributed by atoms with Gasteiger partial charge in [-0.05, 0) is 38.2 Å². The smallest absolute Gasteiger partial charge is 0.144 e. The molecule has 1 aromatic rings. The molecule has 1 unspecified atom stereocenters. The molecule has 1 aromatic heterocycles. The van der Waals surface area contributed by atoms with Crippen LogP contribution < -0.4 is 5.73 Å². The van der Waals surface area contributed by atoms with Gasteiger partial charge < -0.3 is 5.73 Å². The van der Waals surface area contributed by atoms with Gasteiger partial charge in [-0.15, -0.1) is 0 Å². The first kappa shape index (κ1) is 9.59. The van der Waals surface area contributed by atoms with E-state index in [9.17, 15) is 0 Å². The Bertz CT molecular complexity index is 320. The predicted octanol–water partition coefficient (Wildman–Crippen LogP) is 1.77. The van der Waals surface area contributed by atoms with Crippen molar-refractivity contribution in [3.63, 3.8) is 0 Å². The van der Waals surface area contributed by atoms with Crippen molar-refractivity contribution in [2.75, 3.05) is 0 Å². The molecule has 2 N–H and O–H groups in total. The minimum atomic E-state index is -0.0523. The molecule has 0 aromatic carbocycles. The van der Waals surface area contributed by atoms with Crippen molar-refractivity contribution in [3.8, 4) is 0 Å². The minimum absolute atomic E-state index is 0.0523. The van der Waals surface area contributed by atoms with Gasteiger partial charge in [0.2, 0.25) is 0 Å². The zero-order valence-corrected chi connectivity index (χ0v) is 8.66. The number of hydrogen-bond acceptors (Lipinski definition) is 3. The topological polar surface area (TPSA) is 51.8 Å². The van der Waals surface area contributed by atoms with Crippen molar-refractivity contribution in [2.24, 2.45) is 5.73 Å². The molecule has 3 nitrogen and oxygen atoms in total. The Kier molecular flexibility index (Phi) is 2.77. The SMILES string of the molecule is CC(N)c1ncc2c(n1)CCCCC2. The summed E-state index contributed by atoms with van der Waals surface area (Å²) in [5.41, 5.74) is 8.31. The molecule has 0 bridgehead atoms. The summed E-state index contributed by atoms with van der Waals surface area (Å²) in [6.45, 7) is 1.93. The van der Waals surface area contributed by atoms with E-state index in [0.717, 1.165) is 18.7 Å². The molecule has 1 atom stereocenters. The summed E-state index contributed by atoms with van der Waals surface area (Å²) < 4.78 is 0. The standard InChI is InChI=1S/C11H17N3/c1-8(12)11-13-7-9-5-3-2-4-6-10(9)14-11/h7-8H,2-6,12H2,1H3. The van der Waals surface area contributed by atoms with Crippen molar-refractivity contribution < 1.29 is 0 Å². The second-order valence-electron chi connectivity index (χ2n) is 4.05. The summed E-state index contributed by atoms with van der Waals surface area (Å²) in [6.07, 6.45) is 8.03. The monoisotopic (exact) mass is 191 g/mol. The quantitative estimate of drug-likeness (QED) is 0.688. The van der Waals surface area contributed by atoms with Gasteiger partial charge in [0.15, 0.2) is 0 Å². The zero-order chi connectivity index (χ0) is 9.97. The van der Waals surface area contributed by atoms with E-state index in [1.807, 2.05) is 13.1 Å². The molecule has 0 saturated carbocycles. The minimum Gasteiger partial charge on any atom is -0.322 e. The highest BCUT2D eigenvalue weighted by Gasteiger charge is 2.12. The van der Waals surface area contributed by atoms with Gasteiger partial charge >= 0.3 is 0 Å². The first-order valence-corrected chi connectivity index (χ1v) is 5.37. The van der Waals surface area contributed by atoms with Crippen LogP contribution in [0.2, 0.25) is 0 Å². The third-order valence-electron chi connectivity index (χ3n) is 2.74. The molecule has 0 amide bonds. The second kappa shape index (κ2) is 4.05. The fourth-order valence-corrected chi connectivity index (χ4v) is 1.89. The Morgan fingerprint density at radius 3 is 2.86 bits per heavy atom. The molecule has 0 fully saturated rings. The Balaban J connectivity index is 2.32. The van der Waals surface area contributed by atoms with Crippen LogP contribution in [0.15, 0.2) is 6.20 Å². The molecule has 3 heteroatoms. The van der Waals surface area contributed by atoms with Crippen molar-refractivity contribution in [2.45, 2.75) is 45.1 Å². The van der Waals surface area contributed by atoms with Gasteiger partial charge in [-0.3, -0.25) is 0 Å². The third-order valence-corrected chi connectivity index (χ3v) is 2.74. The molecule has 76 valence electrons. The van der Waals surface area contributed by atoms with E-state index in [1.165, 1.54) is 30.5 Å².